The van der Waals surface area contributed by atoms with E-state index in [1.807, 2.05) is 35.1 Å². The van der Waals surface area contributed by atoms with Gasteiger partial charge in [0, 0.05) is 18.4 Å². The van der Waals surface area contributed by atoms with Gasteiger partial charge in [-0.05, 0) is 31.0 Å². The fraction of sp³-hybridized carbons (Fsp3) is 0.263. The monoisotopic (exact) mass is 307 g/mol. The van der Waals surface area contributed by atoms with Crippen LogP contribution in [-0.2, 0) is 17.9 Å². The Morgan fingerprint density at radius 1 is 1.17 bits per heavy atom. The zero-order chi connectivity index (χ0) is 16.2. The topological polar surface area (TPSA) is 46.9 Å². The molecule has 0 spiro atoms. The first-order valence-electron chi connectivity index (χ1n) is 7.87. The number of rotatable bonds is 5. The molecule has 1 N–H and O–H groups in total. The lowest BCUT2D eigenvalue weighted by molar-refractivity contribution is -0.121. The van der Waals surface area contributed by atoms with Gasteiger partial charge in [-0.3, -0.25) is 9.48 Å². The molecule has 0 radical (unpaired) electrons. The van der Waals surface area contributed by atoms with Gasteiger partial charge in [0.1, 0.15) is 0 Å². The smallest absolute Gasteiger partial charge is 0.222 e. The highest BCUT2D eigenvalue weighted by atomic mass is 16.1. The van der Waals surface area contributed by atoms with Crippen LogP contribution in [0.5, 0.6) is 0 Å². The Morgan fingerprint density at radius 3 is 2.83 bits per heavy atom. The predicted molar refractivity (Wildman–Crippen MR) is 92.1 cm³/mol. The second-order valence-electron chi connectivity index (χ2n) is 5.89. The number of hydrogen-bond acceptors (Lipinski definition) is 2. The Balaban J connectivity index is 1.57. The molecule has 3 aromatic rings. The van der Waals surface area contributed by atoms with Crippen molar-refractivity contribution >= 4 is 16.8 Å². The van der Waals surface area contributed by atoms with E-state index in [1.165, 1.54) is 11.1 Å². The molecule has 1 amide bonds. The maximum absolute atomic E-state index is 12.0. The first kappa shape index (κ1) is 15.3. The van der Waals surface area contributed by atoms with Gasteiger partial charge in [0.15, 0.2) is 0 Å². The van der Waals surface area contributed by atoms with Crippen LogP contribution in [0.4, 0.5) is 0 Å². The summed E-state index contributed by atoms with van der Waals surface area (Å²) in [5.41, 5.74) is 4.61. The molecular formula is C19H21N3O. The molecule has 0 fully saturated rings. The van der Waals surface area contributed by atoms with E-state index in [2.05, 4.69) is 42.5 Å². The molecule has 0 unspecified atom stereocenters. The Kier molecular flexibility index (Phi) is 4.42. The Bertz CT molecular complexity index is 836. The SMILES string of the molecule is Cc1cccc(CNC(=O)CCn2ncc3c(C)cccc32)c1. The van der Waals surface area contributed by atoms with Crippen LogP contribution >= 0.6 is 0 Å². The van der Waals surface area contributed by atoms with Crippen LogP contribution in [0.15, 0.2) is 48.7 Å². The fourth-order valence-electron chi connectivity index (χ4n) is 2.74. The van der Waals surface area contributed by atoms with E-state index in [1.54, 1.807) is 0 Å². The van der Waals surface area contributed by atoms with E-state index in [-0.39, 0.29) is 5.91 Å². The van der Waals surface area contributed by atoms with Crippen molar-refractivity contribution < 1.29 is 4.79 Å². The molecule has 2 aromatic carbocycles. The second kappa shape index (κ2) is 6.65. The number of carbonyl (C=O) groups excluding carboxylic acids is 1. The maximum Gasteiger partial charge on any atom is 0.222 e. The van der Waals surface area contributed by atoms with E-state index >= 15 is 0 Å². The molecule has 4 nitrogen and oxygen atoms in total. The average Bonchev–Trinajstić information content (AvgIpc) is 2.96. The molecular weight excluding hydrogens is 286 g/mol. The van der Waals surface area contributed by atoms with Crippen LogP contribution in [0.1, 0.15) is 23.1 Å². The van der Waals surface area contributed by atoms with Crippen molar-refractivity contribution in [2.45, 2.75) is 33.4 Å². The lowest BCUT2D eigenvalue weighted by Gasteiger charge is -2.07. The summed E-state index contributed by atoms with van der Waals surface area (Å²) < 4.78 is 1.90. The largest absolute Gasteiger partial charge is 0.352 e. The van der Waals surface area contributed by atoms with Crippen molar-refractivity contribution in [2.24, 2.45) is 0 Å². The molecule has 23 heavy (non-hydrogen) atoms. The Morgan fingerprint density at radius 2 is 2.00 bits per heavy atom. The van der Waals surface area contributed by atoms with Crippen LogP contribution in [0.2, 0.25) is 0 Å². The van der Waals surface area contributed by atoms with Crippen molar-refractivity contribution in [1.29, 1.82) is 0 Å². The predicted octanol–water partition coefficient (Wildman–Crippen LogP) is 3.36. The molecule has 0 bridgehead atoms. The van der Waals surface area contributed by atoms with E-state index in [0.29, 0.717) is 19.5 Å². The molecule has 0 saturated carbocycles. The summed E-state index contributed by atoms with van der Waals surface area (Å²) in [5, 5.41) is 8.51. The number of nitrogens with zero attached hydrogens (tertiary/aromatic N) is 2. The molecule has 1 aromatic heterocycles. The molecule has 1 heterocycles. The third-order valence-electron chi connectivity index (χ3n) is 4.03. The number of nitrogens with one attached hydrogen (secondary N) is 1. The van der Waals surface area contributed by atoms with Crippen LogP contribution in [-0.4, -0.2) is 15.7 Å². The fourth-order valence-corrected chi connectivity index (χ4v) is 2.74. The van der Waals surface area contributed by atoms with Gasteiger partial charge in [0.05, 0.1) is 18.3 Å². The highest BCUT2D eigenvalue weighted by Gasteiger charge is 2.07. The number of carbonyl (C=O) groups is 1. The first-order chi connectivity index (χ1) is 11.1. The number of amides is 1. The quantitative estimate of drug-likeness (QED) is 0.785. The van der Waals surface area contributed by atoms with Crippen molar-refractivity contribution in [2.75, 3.05) is 0 Å². The number of fused-ring (bicyclic) bond motifs is 1. The van der Waals surface area contributed by atoms with Crippen molar-refractivity contribution in [3.8, 4) is 0 Å². The molecule has 0 saturated heterocycles. The van der Waals surface area contributed by atoms with Crippen LogP contribution in [0, 0.1) is 13.8 Å². The minimum atomic E-state index is 0.0443. The van der Waals surface area contributed by atoms with E-state index in [4.69, 9.17) is 0 Å². The van der Waals surface area contributed by atoms with Crippen LogP contribution < -0.4 is 5.32 Å². The van der Waals surface area contributed by atoms with Gasteiger partial charge < -0.3 is 5.32 Å². The molecule has 4 heteroatoms. The lowest BCUT2D eigenvalue weighted by atomic mass is 10.1. The van der Waals surface area contributed by atoms with Gasteiger partial charge in [0.25, 0.3) is 0 Å². The van der Waals surface area contributed by atoms with Gasteiger partial charge in [-0.25, -0.2) is 0 Å². The third-order valence-corrected chi connectivity index (χ3v) is 4.03. The number of benzene rings is 2. The average molecular weight is 307 g/mol. The molecule has 0 aliphatic carbocycles. The molecule has 0 aliphatic rings. The highest BCUT2D eigenvalue weighted by Crippen LogP contribution is 2.17. The van der Waals surface area contributed by atoms with Crippen molar-refractivity contribution in [3.63, 3.8) is 0 Å². The standard InChI is InChI=1S/C19H21N3O/c1-14-5-3-7-16(11-14)12-20-19(23)9-10-22-18-8-4-6-15(2)17(18)13-21-22/h3-8,11,13H,9-10,12H2,1-2H3,(H,20,23). The van der Waals surface area contributed by atoms with Crippen molar-refractivity contribution in [3.05, 3.63) is 65.4 Å². The molecule has 0 atom stereocenters. The van der Waals surface area contributed by atoms with Gasteiger partial charge in [-0.1, -0.05) is 42.0 Å². The zero-order valence-electron chi connectivity index (χ0n) is 13.5. The highest BCUT2D eigenvalue weighted by molar-refractivity contribution is 5.82. The summed E-state index contributed by atoms with van der Waals surface area (Å²) in [6, 6.07) is 14.3. The first-order valence-corrected chi connectivity index (χ1v) is 7.87. The molecule has 3 rings (SSSR count). The summed E-state index contributed by atoms with van der Waals surface area (Å²) in [5.74, 6) is 0.0443. The Labute approximate surface area is 136 Å². The minimum Gasteiger partial charge on any atom is -0.352 e. The number of hydrogen-bond donors (Lipinski definition) is 1. The lowest BCUT2D eigenvalue weighted by Crippen LogP contribution is -2.24. The third kappa shape index (κ3) is 3.59. The van der Waals surface area contributed by atoms with Gasteiger partial charge in [-0.2, -0.15) is 5.10 Å². The second-order valence-corrected chi connectivity index (χ2v) is 5.89. The van der Waals surface area contributed by atoms with E-state index in [0.717, 1.165) is 16.5 Å². The molecule has 0 aliphatic heterocycles. The molecule has 118 valence electrons. The summed E-state index contributed by atoms with van der Waals surface area (Å²) in [4.78, 5) is 12.0. The van der Waals surface area contributed by atoms with E-state index < -0.39 is 0 Å². The van der Waals surface area contributed by atoms with Gasteiger partial charge in [0.2, 0.25) is 5.91 Å². The van der Waals surface area contributed by atoms with Crippen molar-refractivity contribution in [1.82, 2.24) is 15.1 Å². The summed E-state index contributed by atoms with van der Waals surface area (Å²) in [7, 11) is 0. The van der Waals surface area contributed by atoms with Gasteiger partial charge >= 0.3 is 0 Å². The van der Waals surface area contributed by atoms with Gasteiger partial charge in [-0.15, -0.1) is 0 Å². The summed E-state index contributed by atoms with van der Waals surface area (Å²) >= 11 is 0. The normalized spacial score (nSPS) is 10.9. The summed E-state index contributed by atoms with van der Waals surface area (Å²) in [6.07, 6.45) is 2.30. The van der Waals surface area contributed by atoms with E-state index in [9.17, 15) is 4.79 Å². The zero-order valence-corrected chi connectivity index (χ0v) is 13.5. The summed E-state index contributed by atoms with van der Waals surface area (Å²) in [6.45, 7) is 5.28. The number of aryl methyl sites for hydroxylation is 3. The van der Waals surface area contributed by atoms with Crippen LogP contribution in [0.25, 0.3) is 10.9 Å². The Hall–Kier alpha value is -2.62. The maximum atomic E-state index is 12.0. The number of aromatic nitrogens is 2. The minimum absolute atomic E-state index is 0.0443. The van der Waals surface area contributed by atoms with Crippen LogP contribution in [0.3, 0.4) is 0 Å².